The lowest BCUT2D eigenvalue weighted by atomic mass is 10.0. The van der Waals surface area contributed by atoms with Crippen molar-refractivity contribution in [3.05, 3.63) is 42.4 Å². The summed E-state index contributed by atoms with van der Waals surface area (Å²) in [5.74, 6) is 1.04. The Morgan fingerprint density at radius 2 is 1.96 bits per heavy atom. The molecule has 1 amide bonds. The molecular weight excluding hydrogens is 338 g/mol. The number of hydrogen-bond donors (Lipinski definition) is 1. The first-order valence-electron chi connectivity index (χ1n) is 9.73. The molecule has 2 fully saturated rings. The van der Waals surface area contributed by atoms with E-state index in [-0.39, 0.29) is 5.91 Å². The Hall–Kier alpha value is -2.47. The monoisotopic (exact) mass is 365 g/mol. The number of carbonyl (C=O) groups excluding carboxylic acids is 1. The number of aryl methyl sites for hydroxylation is 1. The highest BCUT2D eigenvalue weighted by Crippen LogP contribution is 2.26. The molecule has 4 rings (SSSR count). The van der Waals surface area contributed by atoms with Gasteiger partial charge in [-0.1, -0.05) is 12.1 Å². The van der Waals surface area contributed by atoms with Crippen LogP contribution >= 0.6 is 0 Å². The van der Waals surface area contributed by atoms with Crippen LogP contribution in [0.5, 0.6) is 0 Å². The number of anilines is 1. The van der Waals surface area contributed by atoms with Gasteiger partial charge in [-0.2, -0.15) is 0 Å². The summed E-state index contributed by atoms with van der Waals surface area (Å²) in [6, 6.07) is 11.4. The van der Waals surface area contributed by atoms with Gasteiger partial charge in [0.25, 0.3) is 0 Å². The van der Waals surface area contributed by atoms with Gasteiger partial charge in [0.05, 0.1) is 5.69 Å². The molecule has 1 unspecified atom stereocenters. The molecule has 0 saturated carbocycles. The van der Waals surface area contributed by atoms with Crippen LogP contribution in [0, 0.1) is 6.92 Å². The quantitative estimate of drug-likeness (QED) is 0.900. The number of carbonyl (C=O) groups is 1. The van der Waals surface area contributed by atoms with Crippen LogP contribution in [0.2, 0.25) is 0 Å². The largest absolute Gasteiger partial charge is 0.371 e. The average Bonchev–Trinajstić information content (AvgIpc) is 2.99. The lowest BCUT2D eigenvalue weighted by Gasteiger charge is -2.35. The maximum Gasteiger partial charge on any atom is 0.224 e. The summed E-state index contributed by atoms with van der Waals surface area (Å²) in [7, 11) is 1.89. The second kappa shape index (κ2) is 7.64. The summed E-state index contributed by atoms with van der Waals surface area (Å²) in [4.78, 5) is 24.7. The Labute approximate surface area is 160 Å². The second-order valence-electron chi connectivity index (χ2n) is 7.64. The van der Waals surface area contributed by atoms with E-state index in [1.807, 2.05) is 31.1 Å². The number of likely N-dealkylation sites (tertiary alicyclic amines) is 1. The number of nitrogens with one attached hydrogen (secondary N) is 1. The first-order valence-corrected chi connectivity index (χ1v) is 9.73. The molecule has 27 heavy (non-hydrogen) atoms. The molecule has 1 aromatic carbocycles. The fraction of sp³-hybridized carbons (Fsp3) is 0.476. The van der Waals surface area contributed by atoms with Crippen LogP contribution in [-0.2, 0) is 4.79 Å². The summed E-state index contributed by atoms with van der Waals surface area (Å²) >= 11 is 0. The van der Waals surface area contributed by atoms with Crippen molar-refractivity contribution in [2.45, 2.75) is 38.3 Å². The molecule has 2 aliphatic rings. The molecular formula is C21H27N5O. The van der Waals surface area contributed by atoms with E-state index in [1.54, 1.807) is 0 Å². The predicted molar refractivity (Wildman–Crippen MR) is 107 cm³/mol. The van der Waals surface area contributed by atoms with Crippen LogP contribution in [0.15, 0.2) is 36.5 Å². The molecule has 2 aromatic rings. The number of amides is 1. The van der Waals surface area contributed by atoms with Crippen LogP contribution in [0.25, 0.3) is 11.3 Å². The summed E-state index contributed by atoms with van der Waals surface area (Å²) < 4.78 is 0. The highest BCUT2D eigenvalue weighted by atomic mass is 16.2. The van der Waals surface area contributed by atoms with Crippen molar-refractivity contribution in [2.24, 2.45) is 0 Å². The van der Waals surface area contributed by atoms with Gasteiger partial charge in [-0.15, -0.1) is 0 Å². The van der Waals surface area contributed by atoms with Crippen molar-refractivity contribution in [1.29, 1.82) is 0 Å². The van der Waals surface area contributed by atoms with Crippen molar-refractivity contribution in [2.75, 3.05) is 31.6 Å². The third-order valence-corrected chi connectivity index (χ3v) is 5.59. The van der Waals surface area contributed by atoms with Crippen molar-refractivity contribution >= 4 is 11.6 Å². The number of hydrogen-bond acceptors (Lipinski definition) is 5. The Kier molecular flexibility index (Phi) is 5.07. The van der Waals surface area contributed by atoms with Crippen LogP contribution in [0.4, 0.5) is 5.69 Å². The van der Waals surface area contributed by atoms with E-state index >= 15 is 0 Å². The lowest BCUT2D eigenvalue weighted by molar-refractivity contribution is -0.126. The molecule has 2 aliphatic heterocycles. The van der Waals surface area contributed by atoms with Gasteiger partial charge < -0.3 is 15.1 Å². The maximum absolute atomic E-state index is 11.7. The van der Waals surface area contributed by atoms with Gasteiger partial charge in [0.1, 0.15) is 5.82 Å². The van der Waals surface area contributed by atoms with E-state index in [1.165, 1.54) is 5.69 Å². The minimum Gasteiger partial charge on any atom is -0.371 e. The second-order valence-corrected chi connectivity index (χ2v) is 7.64. The molecule has 0 aliphatic carbocycles. The van der Waals surface area contributed by atoms with Gasteiger partial charge in [-0.05, 0) is 38.0 Å². The normalized spacial score (nSPS) is 21.1. The van der Waals surface area contributed by atoms with E-state index in [4.69, 9.17) is 0 Å². The molecule has 0 radical (unpaired) electrons. The summed E-state index contributed by atoms with van der Waals surface area (Å²) in [6.45, 7) is 4.81. The molecule has 1 N–H and O–H groups in total. The zero-order valence-electron chi connectivity index (χ0n) is 16.1. The lowest BCUT2D eigenvalue weighted by Crippen LogP contribution is -2.47. The number of rotatable bonds is 4. The van der Waals surface area contributed by atoms with E-state index in [9.17, 15) is 4.79 Å². The van der Waals surface area contributed by atoms with Crippen LogP contribution < -0.4 is 10.2 Å². The molecule has 6 heteroatoms. The van der Waals surface area contributed by atoms with E-state index < -0.39 is 0 Å². The number of aromatic nitrogens is 2. The van der Waals surface area contributed by atoms with Gasteiger partial charge in [0, 0.05) is 62.6 Å². The Morgan fingerprint density at radius 1 is 1.15 bits per heavy atom. The van der Waals surface area contributed by atoms with Crippen molar-refractivity contribution < 1.29 is 4.79 Å². The van der Waals surface area contributed by atoms with Gasteiger partial charge in [0.2, 0.25) is 5.91 Å². The predicted octanol–water partition coefficient (Wildman–Crippen LogP) is 2.24. The van der Waals surface area contributed by atoms with Crippen LogP contribution in [-0.4, -0.2) is 59.5 Å². The zero-order chi connectivity index (χ0) is 18.8. The highest BCUT2D eigenvalue weighted by molar-refractivity contribution is 5.78. The molecule has 142 valence electrons. The minimum atomic E-state index is 0.252. The molecule has 1 atom stereocenters. The maximum atomic E-state index is 11.7. The number of piperidine rings is 1. The topological polar surface area (TPSA) is 61.4 Å². The summed E-state index contributed by atoms with van der Waals surface area (Å²) in [5, 5.41) is 3.69. The fourth-order valence-electron chi connectivity index (χ4n) is 4.09. The minimum absolute atomic E-state index is 0.252. The van der Waals surface area contributed by atoms with Gasteiger partial charge >= 0.3 is 0 Å². The standard InChI is InChI=1S/C21H27N5O/c1-15-22-9-6-20(23-15)16-4-3-5-19(12-16)26-10-7-17(8-11-26)24-18-13-21(27)25(2)14-18/h3-6,9,12,17-18,24H,7-8,10-11,13-14H2,1-2H3. The Bertz CT molecular complexity index is 816. The van der Waals surface area contributed by atoms with Crippen molar-refractivity contribution in [1.82, 2.24) is 20.2 Å². The van der Waals surface area contributed by atoms with E-state index in [2.05, 4.69) is 44.5 Å². The molecule has 3 heterocycles. The third-order valence-electron chi connectivity index (χ3n) is 5.59. The molecule has 6 nitrogen and oxygen atoms in total. The third kappa shape index (κ3) is 4.11. The Balaban J connectivity index is 1.37. The number of nitrogens with zero attached hydrogens (tertiary/aromatic N) is 4. The van der Waals surface area contributed by atoms with Gasteiger partial charge in [-0.25, -0.2) is 9.97 Å². The van der Waals surface area contributed by atoms with E-state index in [0.29, 0.717) is 18.5 Å². The average molecular weight is 365 g/mol. The fourth-order valence-corrected chi connectivity index (χ4v) is 4.09. The summed E-state index contributed by atoms with van der Waals surface area (Å²) in [5.41, 5.74) is 3.35. The molecule has 0 spiro atoms. The highest BCUT2D eigenvalue weighted by Gasteiger charge is 2.29. The molecule has 1 aromatic heterocycles. The van der Waals surface area contributed by atoms with Crippen LogP contribution in [0.1, 0.15) is 25.1 Å². The SMILES string of the molecule is Cc1nccc(-c2cccc(N3CCC(NC4CC(=O)N(C)C4)CC3)c2)n1. The van der Waals surface area contributed by atoms with Crippen molar-refractivity contribution in [3.8, 4) is 11.3 Å². The van der Waals surface area contributed by atoms with Crippen molar-refractivity contribution in [3.63, 3.8) is 0 Å². The number of likely N-dealkylation sites (N-methyl/N-ethyl adjacent to an activating group) is 1. The first kappa shape index (κ1) is 17.9. The molecule has 2 saturated heterocycles. The Morgan fingerprint density at radius 3 is 2.67 bits per heavy atom. The summed E-state index contributed by atoms with van der Waals surface area (Å²) in [6.07, 6.45) is 4.65. The van der Waals surface area contributed by atoms with Gasteiger partial charge in [-0.3, -0.25) is 4.79 Å². The number of benzene rings is 1. The zero-order valence-corrected chi connectivity index (χ0v) is 16.1. The van der Waals surface area contributed by atoms with E-state index in [0.717, 1.165) is 49.6 Å². The van der Waals surface area contributed by atoms with Crippen LogP contribution in [0.3, 0.4) is 0 Å². The smallest absolute Gasteiger partial charge is 0.224 e. The van der Waals surface area contributed by atoms with Gasteiger partial charge in [0.15, 0.2) is 0 Å². The first-order chi connectivity index (χ1) is 13.1. The molecule has 0 bridgehead atoms.